The topological polar surface area (TPSA) is 83.7 Å². The number of carbonyl (C=O) groups is 1. The summed E-state index contributed by atoms with van der Waals surface area (Å²) in [6.07, 6.45) is 1.46. The molecule has 1 aromatic carbocycles. The zero-order chi connectivity index (χ0) is 14.9. The quantitative estimate of drug-likeness (QED) is 0.678. The molecule has 6 nitrogen and oxygen atoms in total. The van der Waals surface area contributed by atoms with Crippen molar-refractivity contribution in [2.75, 3.05) is 18.0 Å². The summed E-state index contributed by atoms with van der Waals surface area (Å²) in [5.74, 6) is -0.791. The number of aryl methyl sites for hydroxylation is 1. The summed E-state index contributed by atoms with van der Waals surface area (Å²) in [6, 6.07) is 4.93. The van der Waals surface area contributed by atoms with Crippen LogP contribution in [0.25, 0.3) is 0 Å². The van der Waals surface area contributed by atoms with Crippen molar-refractivity contribution in [2.45, 2.75) is 26.7 Å². The number of hydrogen-bond acceptors (Lipinski definition) is 4. The van der Waals surface area contributed by atoms with Crippen molar-refractivity contribution in [3.63, 3.8) is 0 Å². The number of aliphatic carboxylic acids is 1. The lowest BCUT2D eigenvalue weighted by Crippen LogP contribution is -2.46. The number of rotatable bonds is 3. The van der Waals surface area contributed by atoms with Gasteiger partial charge in [0.05, 0.1) is 10.3 Å². The van der Waals surface area contributed by atoms with Crippen LogP contribution in [0.4, 0.5) is 11.4 Å². The molecule has 108 valence electrons. The van der Waals surface area contributed by atoms with E-state index < -0.39 is 16.3 Å². The molecule has 0 bridgehead atoms. The van der Waals surface area contributed by atoms with Crippen LogP contribution >= 0.6 is 0 Å². The molecule has 2 rings (SSSR count). The molecule has 1 aliphatic rings. The van der Waals surface area contributed by atoms with Crippen molar-refractivity contribution < 1.29 is 14.8 Å². The Bertz CT molecular complexity index is 558. The molecule has 0 amide bonds. The molecule has 20 heavy (non-hydrogen) atoms. The summed E-state index contributed by atoms with van der Waals surface area (Å²) in [5, 5.41) is 20.1. The minimum Gasteiger partial charge on any atom is -0.481 e. The summed E-state index contributed by atoms with van der Waals surface area (Å²) in [7, 11) is 0. The van der Waals surface area contributed by atoms with Crippen LogP contribution in [0.1, 0.15) is 25.3 Å². The maximum atomic E-state index is 11.3. The van der Waals surface area contributed by atoms with E-state index in [-0.39, 0.29) is 5.69 Å². The van der Waals surface area contributed by atoms with Gasteiger partial charge in [0.1, 0.15) is 0 Å². The molecule has 1 aliphatic heterocycles. The first kappa shape index (κ1) is 14.3. The van der Waals surface area contributed by atoms with Gasteiger partial charge >= 0.3 is 5.97 Å². The van der Waals surface area contributed by atoms with Crippen molar-refractivity contribution in [2.24, 2.45) is 5.41 Å². The van der Waals surface area contributed by atoms with Gasteiger partial charge in [-0.2, -0.15) is 0 Å². The number of anilines is 1. The first-order valence-electron chi connectivity index (χ1n) is 6.57. The maximum absolute atomic E-state index is 11.3. The van der Waals surface area contributed by atoms with E-state index >= 15 is 0 Å². The molecule has 0 saturated carbocycles. The number of nitro benzene ring substituents is 1. The molecule has 0 aliphatic carbocycles. The van der Waals surface area contributed by atoms with Gasteiger partial charge in [-0.15, -0.1) is 0 Å². The smallest absolute Gasteiger partial charge is 0.311 e. The number of nitrogens with zero attached hydrogens (tertiary/aromatic N) is 2. The number of carboxylic acid groups (broad SMARTS) is 1. The fourth-order valence-corrected chi connectivity index (χ4v) is 2.68. The lowest BCUT2D eigenvalue weighted by atomic mass is 9.82. The molecule has 1 fully saturated rings. The Labute approximate surface area is 117 Å². The molecule has 0 spiro atoms. The minimum absolute atomic E-state index is 0.0896. The maximum Gasteiger partial charge on any atom is 0.311 e. The van der Waals surface area contributed by atoms with E-state index in [0.717, 1.165) is 18.7 Å². The van der Waals surface area contributed by atoms with Gasteiger partial charge in [0.15, 0.2) is 0 Å². The number of carboxylic acids is 1. The first-order chi connectivity index (χ1) is 9.33. The van der Waals surface area contributed by atoms with Crippen LogP contribution in [0.3, 0.4) is 0 Å². The van der Waals surface area contributed by atoms with E-state index in [9.17, 15) is 20.0 Å². The lowest BCUT2D eigenvalue weighted by Gasteiger charge is -2.39. The molecule has 1 heterocycles. The SMILES string of the molecule is Cc1cc(N2CCCC(C)(C(=O)O)C2)ccc1[N+](=O)[O-]. The lowest BCUT2D eigenvalue weighted by molar-refractivity contribution is -0.385. The second-order valence-corrected chi connectivity index (χ2v) is 5.62. The molecule has 6 heteroatoms. The van der Waals surface area contributed by atoms with Crippen LogP contribution in [0, 0.1) is 22.5 Å². The zero-order valence-corrected chi connectivity index (χ0v) is 11.6. The third-order valence-corrected chi connectivity index (χ3v) is 3.95. The molecule has 1 atom stereocenters. The summed E-state index contributed by atoms with van der Waals surface area (Å²) >= 11 is 0. The first-order valence-corrected chi connectivity index (χ1v) is 6.57. The van der Waals surface area contributed by atoms with Crippen molar-refractivity contribution in [1.82, 2.24) is 0 Å². The van der Waals surface area contributed by atoms with Crippen molar-refractivity contribution in [1.29, 1.82) is 0 Å². The normalized spacial score (nSPS) is 22.6. The summed E-state index contributed by atoms with van der Waals surface area (Å²) < 4.78 is 0. The number of piperidine rings is 1. The highest BCUT2D eigenvalue weighted by molar-refractivity contribution is 5.75. The van der Waals surface area contributed by atoms with Gasteiger partial charge in [-0.3, -0.25) is 14.9 Å². The Kier molecular flexibility index (Phi) is 3.65. The predicted molar refractivity (Wildman–Crippen MR) is 75.0 cm³/mol. The summed E-state index contributed by atoms with van der Waals surface area (Å²) in [5.41, 5.74) is 0.774. The molecular formula is C14H18N2O4. The van der Waals surface area contributed by atoms with Crippen molar-refractivity contribution in [3.8, 4) is 0 Å². The van der Waals surface area contributed by atoms with Gasteiger partial charge in [-0.25, -0.2) is 0 Å². The molecule has 1 N–H and O–H groups in total. The van der Waals surface area contributed by atoms with E-state index in [1.165, 1.54) is 6.07 Å². The fraction of sp³-hybridized carbons (Fsp3) is 0.500. The van der Waals surface area contributed by atoms with Crippen molar-refractivity contribution >= 4 is 17.3 Å². The second kappa shape index (κ2) is 5.11. The number of benzene rings is 1. The highest BCUT2D eigenvalue weighted by Gasteiger charge is 2.38. The van der Waals surface area contributed by atoms with Gasteiger partial charge < -0.3 is 10.0 Å². The second-order valence-electron chi connectivity index (χ2n) is 5.62. The monoisotopic (exact) mass is 278 g/mol. The van der Waals surface area contributed by atoms with Gasteiger partial charge in [-0.1, -0.05) is 0 Å². The van der Waals surface area contributed by atoms with E-state index in [2.05, 4.69) is 0 Å². The highest BCUT2D eigenvalue weighted by atomic mass is 16.6. The Hall–Kier alpha value is -2.11. The van der Waals surface area contributed by atoms with Crippen LogP contribution in [0.5, 0.6) is 0 Å². The van der Waals surface area contributed by atoms with Crippen LogP contribution in [0.2, 0.25) is 0 Å². The Morgan fingerprint density at radius 3 is 2.75 bits per heavy atom. The molecule has 0 radical (unpaired) electrons. The van der Waals surface area contributed by atoms with Gasteiger partial charge in [0.2, 0.25) is 0 Å². The number of nitro groups is 1. The fourth-order valence-electron chi connectivity index (χ4n) is 2.68. The Balaban J connectivity index is 2.26. The Morgan fingerprint density at radius 2 is 2.20 bits per heavy atom. The van der Waals surface area contributed by atoms with Crippen molar-refractivity contribution in [3.05, 3.63) is 33.9 Å². The van der Waals surface area contributed by atoms with Gasteiger partial charge in [0.25, 0.3) is 5.69 Å². The zero-order valence-electron chi connectivity index (χ0n) is 11.6. The van der Waals surface area contributed by atoms with Gasteiger partial charge in [0, 0.05) is 30.4 Å². The van der Waals surface area contributed by atoms with E-state index in [4.69, 9.17) is 0 Å². The summed E-state index contributed by atoms with van der Waals surface area (Å²) in [4.78, 5) is 23.8. The minimum atomic E-state index is -0.791. The van der Waals surface area contributed by atoms with Crippen LogP contribution < -0.4 is 4.90 Å². The van der Waals surface area contributed by atoms with E-state index in [1.54, 1.807) is 26.0 Å². The third kappa shape index (κ3) is 2.59. The van der Waals surface area contributed by atoms with Crippen LogP contribution in [0.15, 0.2) is 18.2 Å². The largest absolute Gasteiger partial charge is 0.481 e. The standard InChI is InChI=1S/C14H18N2O4/c1-10-8-11(4-5-12(10)16(19)20)15-7-3-6-14(2,9-15)13(17)18/h4-5,8H,3,6-7,9H2,1-2H3,(H,17,18). The highest BCUT2D eigenvalue weighted by Crippen LogP contribution is 2.33. The predicted octanol–water partition coefficient (Wildman–Crippen LogP) is 2.59. The van der Waals surface area contributed by atoms with Crippen LogP contribution in [-0.4, -0.2) is 29.1 Å². The van der Waals surface area contributed by atoms with E-state index in [1.807, 2.05) is 4.90 Å². The molecule has 1 aromatic rings. The third-order valence-electron chi connectivity index (χ3n) is 3.95. The molecule has 1 unspecified atom stereocenters. The summed E-state index contributed by atoms with van der Waals surface area (Å²) in [6.45, 7) is 4.65. The van der Waals surface area contributed by atoms with E-state index in [0.29, 0.717) is 18.5 Å². The Morgan fingerprint density at radius 1 is 1.50 bits per heavy atom. The van der Waals surface area contributed by atoms with Gasteiger partial charge in [-0.05, 0) is 38.8 Å². The average Bonchev–Trinajstić information content (AvgIpc) is 2.38. The van der Waals surface area contributed by atoms with Crippen LogP contribution in [-0.2, 0) is 4.79 Å². The molecule has 0 aromatic heterocycles. The number of hydrogen-bond donors (Lipinski definition) is 1. The molecular weight excluding hydrogens is 260 g/mol. The molecule has 1 saturated heterocycles. The average molecular weight is 278 g/mol.